The minimum atomic E-state index is -0.135. The summed E-state index contributed by atoms with van der Waals surface area (Å²) in [6, 6.07) is 7.53. The van der Waals surface area contributed by atoms with Gasteiger partial charge in [-0.2, -0.15) is 0 Å². The summed E-state index contributed by atoms with van der Waals surface area (Å²) < 4.78 is 10.5. The Morgan fingerprint density at radius 2 is 1.89 bits per heavy atom. The maximum atomic E-state index is 12.6. The zero-order valence-corrected chi connectivity index (χ0v) is 16.2. The summed E-state index contributed by atoms with van der Waals surface area (Å²) in [5, 5.41) is 2.95. The topological polar surface area (TPSA) is 63.7 Å². The number of pyridine rings is 1. The van der Waals surface area contributed by atoms with Crippen molar-refractivity contribution in [3.63, 3.8) is 0 Å². The molecule has 0 spiro atoms. The molecule has 6 heteroatoms. The molecule has 0 atom stereocenters. The van der Waals surface area contributed by atoms with Gasteiger partial charge in [0.1, 0.15) is 0 Å². The Bertz CT molecular complexity index is 786. The van der Waals surface area contributed by atoms with Crippen molar-refractivity contribution in [2.75, 3.05) is 32.2 Å². The fourth-order valence-electron chi connectivity index (χ4n) is 3.27. The number of anilines is 1. The minimum Gasteiger partial charge on any atom is -0.493 e. The van der Waals surface area contributed by atoms with Gasteiger partial charge in [-0.15, -0.1) is 0 Å². The van der Waals surface area contributed by atoms with Crippen molar-refractivity contribution in [1.82, 2.24) is 10.3 Å². The molecule has 27 heavy (non-hydrogen) atoms. The highest BCUT2D eigenvalue weighted by atomic mass is 16.5. The van der Waals surface area contributed by atoms with Crippen LogP contribution >= 0.6 is 0 Å². The van der Waals surface area contributed by atoms with Crippen LogP contribution in [0.5, 0.6) is 11.5 Å². The molecule has 1 aromatic carbocycles. The van der Waals surface area contributed by atoms with Crippen LogP contribution in [0.25, 0.3) is 0 Å². The molecular weight excluding hydrogens is 342 g/mol. The van der Waals surface area contributed by atoms with Crippen LogP contribution in [0, 0.1) is 5.92 Å². The van der Waals surface area contributed by atoms with Gasteiger partial charge in [0, 0.05) is 25.8 Å². The molecule has 0 radical (unpaired) electrons. The number of ether oxygens (including phenoxy) is 2. The quantitative estimate of drug-likeness (QED) is 0.847. The van der Waals surface area contributed by atoms with Crippen LogP contribution in [0.2, 0.25) is 0 Å². The largest absolute Gasteiger partial charge is 0.493 e. The van der Waals surface area contributed by atoms with Gasteiger partial charge in [-0.25, -0.2) is 0 Å². The van der Waals surface area contributed by atoms with Crippen molar-refractivity contribution in [2.24, 2.45) is 5.92 Å². The highest BCUT2D eigenvalue weighted by molar-refractivity contribution is 5.94. The van der Waals surface area contributed by atoms with Crippen LogP contribution in [0.4, 0.5) is 5.69 Å². The molecule has 0 aliphatic carbocycles. The van der Waals surface area contributed by atoms with Gasteiger partial charge in [0.05, 0.1) is 31.7 Å². The van der Waals surface area contributed by atoms with E-state index in [0.717, 1.165) is 30.3 Å². The second kappa shape index (κ2) is 8.75. The zero-order chi connectivity index (χ0) is 19.2. The van der Waals surface area contributed by atoms with E-state index < -0.39 is 0 Å². The number of piperidine rings is 1. The lowest BCUT2D eigenvalue weighted by molar-refractivity contribution is 0.0950. The number of carbonyl (C=O) groups is 1. The standard InChI is InChI=1S/C21H27N3O3/c1-15-6-8-24(9-7-15)18-11-17(13-22-14-18)21(25)23-12-16-4-5-19(26-2)20(10-16)27-3/h4-5,10-11,13-15H,6-9,12H2,1-3H3,(H,23,25). The number of rotatable bonds is 6. The van der Waals surface area contributed by atoms with Gasteiger partial charge in [-0.1, -0.05) is 13.0 Å². The Balaban J connectivity index is 1.64. The van der Waals surface area contributed by atoms with E-state index in [1.807, 2.05) is 30.5 Å². The second-order valence-corrected chi connectivity index (χ2v) is 6.97. The van der Waals surface area contributed by atoms with Gasteiger partial charge in [0.2, 0.25) is 0 Å². The fourth-order valence-corrected chi connectivity index (χ4v) is 3.27. The lowest BCUT2D eigenvalue weighted by Crippen LogP contribution is -2.33. The molecule has 2 heterocycles. The molecule has 3 rings (SSSR count). The third-order valence-corrected chi connectivity index (χ3v) is 5.04. The van der Waals surface area contributed by atoms with Crippen LogP contribution in [0.15, 0.2) is 36.7 Å². The first kappa shape index (κ1) is 19.0. The number of benzene rings is 1. The molecular formula is C21H27N3O3. The molecule has 144 valence electrons. The zero-order valence-electron chi connectivity index (χ0n) is 16.2. The van der Waals surface area contributed by atoms with Crippen molar-refractivity contribution >= 4 is 11.6 Å². The lowest BCUT2D eigenvalue weighted by Gasteiger charge is -2.32. The molecule has 1 aliphatic heterocycles. The summed E-state index contributed by atoms with van der Waals surface area (Å²) in [4.78, 5) is 19.1. The van der Waals surface area contributed by atoms with Crippen LogP contribution in [0.1, 0.15) is 35.7 Å². The molecule has 0 bridgehead atoms. The first-order valence-corrected chi connectivity index (χ1v) is 9.30. The number of nitrogens with zero attached hydrogens (tertiary/aromatic N) is 2. The predicted molar refractivity (Wildman–Crippen MR) is 106 cm³/mol. The van der Waals surface area contributed by atoms with Gasteiger partial charge in [-0.05, 0) is 42.5 Å². The first-order chi connectivity index (χ1) is 13.1. The van der Waals surface area contributed by atoms with Gasteiger partial charge in [-0.3, -0.25) is 9.78 Å². The number of methoxy groups -OCH3 is 2. The SMILES string of the molecule is COc1ccc(CNC(=O)c2cncc(N3CCC(C)CC3)c2)cc1OC. The molecule has 0 saturated carbocycles. The number of amides is 1. The van der Waals surface area contributed by atoms with Crippen LogP contribution < -0.4 is 19.7 Å². The van der Waals surface area contributed by atoms with Crippen LogP contribution in [-0.4, -0.2) is 38.2 Å². The Morgan fingerprint density at radius 3 is 2.59 bits per heavy atom. The molecule has 1 saturated heterocycles. The van der Waals surface area contributed by atoms with E-state index in [2.05, 4.69) is 22.1 Å². The molecule has 0 unspecified atom stereocenters. The molecule has 6 nitrogen and oxygen atoms in total. The highest BCUT2D eigenvalue weighted by Gasteiger charge is 2.17. The number of nitrogens with one attached hydrogen (secondary N) is 1. The van der Waals surface area contributed by atoms with Crippen molar-refractivity contribution in [2.45, 2.75) is 26.3 Å². The summed E-state index contributed by atoms with van der Waals surface area (Å²) in [6.07, 6.45) is 5.80. The van der Waals surface area contributed by atoms with Crippen molar-refractivity contribution in [3.05, 3.63) is 47.8 Å². The minimum absolute atomic E-state index is 0.135. The Hall–Kier alpha value is -2.76. The van der Waals surface area contributed by atoms with Gasteiger partial charge in [0.25, 0.3) is 5.91 Å². The van der Waals surface area contributed by atoms with Gasteiger partial charge < -0.3 is 19.7 Å². The first-order valence-electron chi connectivity index (χ1n) is 9.30. The Morgan fingerprint density at radius 1 is 1.15 bits per heavy atom. The van der Waals surface area contributed by atoms with Gasteiger partial charge in [0.15, 0.2) is 11.5 Å². The normalized spacial score (nSPS) is 14.7. The van der Waals surface area contributed by atoms with E-state index in [9.17, 15) is 4.79 Å². The van der Waals surface area contributed by atoms with Crippen LogP contribution in [-0.2, 0) is 6.54 Å². The van der Waals surface area contributed by atoms with Crippen molar-refractivity contribution in [1.29, 1.82) is 0 Å². The molecule has 2 aromatic rings. The summed E-state index contributed by atoms with van der Waals surface area (Å²) in [6.45, 7) is 4.72. The molecule has 1 amide bonds. The maximum Gasteiger partial charge on any atom is 0.253 e. The number of carbonyl (C=O) groups excluding carboxylic acids is 1. The number of hydrogen-bond donors (Lipinski definition) is 1. The monoisotopic (exact) mass is 369 g/mol. The average Bonchev–Trinajstić information content (AvgIpc) is 2.72. The number of hydrogen-bond acceptors (Lipinski definition) is 5. The van der Waals surface area contributed by atoms with E-state index in [1.54, 1.807) is 20.4 Å². The van der Waals surface area contributed by atoms with E-state index in [0.29, 0.717) is 23.6 Å². The Labute approximate surface area is 160 Å². The highest BCUT2D eigenvalue weighted by Crippen LogP contribution is 2.27. The van der Waals surface area contributed by atoms with Gasteiger partial charge >= 0.3 is 0 Å². The second-order valence-electron chi connectivity index (χ2n) is 6.97. The fraction of sp³-hybridized carbons (Fsp3) is 0.429. The lowest BCUT2D eigenvalue weighted by atomic mass is 9.99. The average molecular weight is 369 g/mol. The molecule has 1 aromatic heterocycles. The Kier molecular flexibility index (Phi) is 6.16. The smallest absolute Gasteiger partial charge is 0.253 e. The molecule has 1 aliphatic rings. The van der Waals surface area contributed by atoms with E-state index in [4.69, 9.17) is 9.47 Å². The summed E-state index contributed by atoms with van der Waals surface area (Å²) in [7, 11) is 3.20. The third-order valence-electron chi connectivity index (χ3n) is 5.04. The van der Waals surface area contributed by atoms with Crippen molar-refractivity contribution < 1.29 is 14.3 Å². The van der Waals surface area contributed by atoms with Crippen molar-refractivity contribution in [3.8, 4) is 11.5 Å². The number of aromatic nitrogens is 1. The maximum absolute atomic E-state index is 12.6. The summed E-state index contributed by atoms with van der Waals surface area (Å²) in [5.74, 6) is 1.94. The summed E-state index contributed by atoms with van der Waals surface area (Å²) >= 11 is 0. The van der Waals surface area contributed by atoms with Crippen LogP contribution in [0.3, 0.4) is 0 Å². The summed E-state index contributed by atoms with van der Waals surface area (Å²) in [5.41, 5.74) is 2.53. The molecule has 1 fully saturated rings. The van der Waals surface area contributed by atoms with E-state index in [-0.39, 0.29) is 5.91 Å². The molecule has 1 N–H and O–H groups in total. The predicted octanol–water partition coefficient (Wildman–Crippen LogP) is 3.27. The van der Waals surface area contributed by atoms with E-state index >= 15 is 0 Å². The van der Waals surface area contributed by atoms with E-state index in [1.165, 1.54) is 12.8 Å². The third kappa shape index (κ3) is 4.70.